The zero-order valence-electron chi connectivity index (χ0n) is 18.2. The van der Waals surface area contributed by atoms with Gasteiger partial charge in [-0.1, -0.05) is 20.8 Å². The molecule has 0 radical (unpaired) electrons. The molecular weight excluding hydrogens is 350 g/mol. The van der Waals surface area contributed by atoms with E-state index in [-0.39, 0.29) is 23.5 Å². The van der Waals surface area contributed by atoms with Crippen LogP contribution in [0.15, 0.2) is 0 Å². The second-order valence-corrected chi connectivity index (χ2v) is 14.3. The summed E-state index contributed by atoms with van der Waals surface area (Å²) in [4.78, 5) is 14.2. The van der Waals surface area contributed by atoms with Crippen LogP contribution in [0.4, 0.5) is 4.79 Å². The molecule has 154 valence electrons. The van der Waals surface area contributed by atoms with Gasteiger partial charge in [0.2, 0.25) is 0 Å². The Balaban J connectivity index is 2.61. The molecule has 2 atom stereocenters. The van der Waals surface area contributed by atoms with Gasteiger partial charge < -0.3 is 18.6 Å². The fourth-order valence-corrected chi connectivity index (χ4v) is 3.52. The minimum Gasteiger partial charge on any atom is -0.444 e. The quantitative estimate of drug-likeness (QED) is 0.498. The van der Waals surface area contributed by atoms with Crippen molar-refractivity contribution in [3.05, 3.63) is 0 Å². The molecule has 0 saturated carbocycles. The van der Waals surface area contributed by atoms with E-state index >= 15 is 0 Å². The molecule has 6 nitrogen and oxygen atoms in total. The number of ether oxygens (including phenoxy) is 3. The van der Waals surface area contributed by atoms with E-state index in [1.165, 1.54) is 0 Å². The van der Waals surface area contributed by atoms with Gasteiger partial charge in [0.1, 0.15) is 11.8 Å². The standard InChI is InChI=1S/C19H39NO5Si/c1-18(2,3)25-17(21)20-11-10-15(22-7)14-16(20)23-12-13-24-26(8,9)19(4,5)6/h15-16H,10-14H2,1-9H3. The molecule has 1 aliphatic rings. The molecule has 0 aromatic rings. The fourth-order valence-electron chi connectivity index (χ4n) is 2.50. The highest BCUT2D eigenvalue weighted by molar-refractivity contribution is 6.74. The molecule has 0 aliphatic carbocycles. The number of hydrogen-bond acceptors (Lipinski definition) is 5. The van der Waals surface area contributed by atoms with Crippen LogP contribution in [-0.2, 0) is 18.6 Å². The molecule has 2 unspecified atom stereocenters. The van der Waals surface area contributed by atoms with Gasteiger partial charge >= 0.3 is 6.09 Å². The summed E-state index contributed by atoms with van der Waals surface area (Å²) < 4.78 is 23.2. The van der Waals surface area contributed by atoms with Crippen LogP contribution in [0.1, 0.15) is 54.4 Å². The molecule has 1 rings (SSSR count). The third kappa shape index (κ3) is 7.17. The van der Waals surface area contributed by atoms with Crippen molar-refractivity contribution in [3.63, 3.8) is 0 Å². The third-order valence-electron chi connectivity index (χ3n) is 5.13. The molecule has 1 aliphatic heterocycles. The minimum atomic E-state index is -1.79. The number of hydrogen-bond donors (Lipinski definition) is 0. The Morgan fingerprint density at radius 2 is 1.73 bits per heavy atom. The van der Waals surface area contributed by atoms with Crippen molar-refractivity contribution in [2.24, 2.45) is 0 Å². The molecular formula is C19H39NO5Si. The van der Waals surface area contributed by atoms with E-state index in [1.54, 1.807) is 12.0 Å². The van der Waals surface area contributed by atoms with Crippen LogP contribution < -0.4 is 0 Å². The smallest absolute Gasteiger partial charge is 0.412 e. The van der Waals surface area contributed by atoms with Gasteiger partial charge in [0.25, 0.3) is 0 Å². The number of rotatable bonds is 6. The van der Waals surface area contributed by atoms with Crippen LogP contribution in [0.5, 0.6) is 0 Å². The SMILES string of the molecule is COC1CCN(C(=O)OC(C)(C)C)C(OCCO[Si](C)(C)C(C)(C)C)C1. The third-order valence-corrected chi connectivity index (χ3v) is 9.67. The summed E-state index contributed by atoms with van der Waals surface area (Å²) in [5.41, 5.74) is -0.523. The number of methoxy groups -OCH3 is 1. The predicted octanol–water partition coefficient (Wildman–Crippen LogP) is 4.40. The van der Waals surface area contributed by atoms with E-state index in [2.05, 4.69) is 33.9 Å². The molecule has 0 spiro atoms. The number of nitrogens with zero attached hydrogens (tertiary/aromatic N) is 1. The summed E-state index contributed by atoms with van der Waals surface area (Å²) in [6.07, 6.45) is 0.861. The fraction of sp³-hybridized carbons (Fsp3) is 0.947. The van der Waals surface area contributed by atoms with E-state index in [0.29, 0.717) is 26.2 Å². The zero-order valence-corrected chi connectivity index (χ0v) is 19.2. The normalized spacial score (nSPS) is 22.4. The molecule has 1 heterocycles. The number of likely N-dealkylation sites (tertiary alicyclic amines) is 1. The highest BCUT2D eigenvalue weighted by Crippen LogP contribution is 2.36. The van der Waals surface area contributed by atoms with Gasteiger partial charge in [-0.25, -0.2) is 4.79 Å². The van der Waals surface area contributed by atoms with E-state index < -0.39 is 13.9 Å². The van der Waals surface area contributed by atoms with Crippen LogP contribution in [-0.4, -0.2) is 64.1 Å². The Kier molecular flexibility index (Phi) is 8.14. The summed E-state index contributed by atoms with van der Waals surface area (Å²) in [6.45, 7) is 18.3. The molecule has 1 saturated heterocycles. The Labute approximate surface area is 160 Å². The first-order valence-electron chi connectivity index (χ1n) is 9.55. The Hall–Kier alpha value is -0.633. The first kappa shape index (κ1) is 23.4. The van der Waals surface area contributed by atoms with Crippen molar-refractivity contribution in [3.8, 4) is 0 Å². The van der Waals surface area contributed by atoms with Gasteiger partial charge in [-0.05, 0) is 45.3 Å². The van der Waals surface area contributed by atoms with Gasteiger partial charge in [-0.15, -0.1) is 0 Å². The largest absolute Gasteiger partial charge is 0.444 e. The van der Waals surface area contributed by atoms with E-state index in [9.17, 15) is 4.79 Å². The summed E-state index contributed by atoms with van der Waals surface area (Å²) >= 11 is 0. The van der Waals surface area contributed by atoms with Crippen molar-refractivity contribution in [1.29, 1.82) is 0 Å². The average Bonchev–Trinajstić information content (AvgIpc) is 2.48. The second kappa shape index (κ2) is 9.04. The lowest BCUT2D eigenvalue weighted by Gasteiger charge is -2.39. The van der Waals surface area contributed by atoms with E-state index in [0.717, 1.165) is 6.42 Å². The summed E-state index contributed by atoms with van der Waals surface area (Å²) in [5, 5.41) is 0.168. The van der Waals surface area contributed by atoms with Gasteiger partial charge in [-0.2, -0.15) is 0 Å². The van der Waals surface area contributed by atoms with Gasteiger partial charge in [0.15, 0.2) is 8.32 Å². The molecule has 26 heavy (non-hydrogen) atoms. The molecule has 7 heteroatoms. The summed E-state index contributed by atoms with van der Waals surface area (Å²) in [6, 6.07) is 0. The maximum atomic E-state index is 12.5. The Bertz CT molecular complexity index is 456. The maximum absolute atomic E-state index is 12.5. The van der Waals surface area contributed by atoms with Crippen molar-refractivity contribution in [2.45, 2.75) is 90.4 Å². The van der Waals surface area contributed by atoms with Crippen molar-refractivity contribution >= 4 is 14.4 Å². The van der Waals surface area contributed by atoms with E-state index in [4.69, 9.17) is 18.6 Å². The van der Waals surface area contributed by atoms with Crippen LogP contribution in [0.2, 0.25) is 18.1 Å². The van der Waals surface area contributed by atoms with Crippen LogP contribution in [0.3, 0.4) is 0 Å². The van der Waals surface area contributed by atoms with Crippen molar-refractivity contribution in [2.75, 3.05) is 26.9 Å². The highest BCUT2D eigenvalue weighted by atomic mass is 28.4. The second-order valence-electron chi connectivity index (χ2n) is 9.49. The van der Waals surface area contributed by atoms with Gasteiger partial charge in [0, 0.05) is 20.1 Å². The molecule has 0 aromatic carbocycles. The lowest BCUT2D eigenvalue weighted by molar-refractivity contribution is -0.117. The first-order valence-corrected chi connectivity index (χ1v) is 12.5. The Morgan fingerprint density at radius 1 is 1.12 bits per heavy atom. The molecule has 0 N–H and O–H groups in total. The summed E-state index contributed by atoms with van der Waals surface area (Å²) in [5.74, 6) is 0. The van der Waals surface area contributed by atoms with Crippen molar-refractivity contribution in [1.82, 2.24) is 4.90 Å². The zero-order chi connectivity index (χ0) is 20.2. The number of amides is 1. The summed E-state index contributed by atoms with van der Waals surface area (Å²) in [7, 11) is -0.0927. The maximum Gasteiger partial charge on any atom is 0.412 e. The Morgan fingerprint density at radius 3 is 2.23 bits per heavy atom. The molecule has 0 bridgehead atoms. The van der Waals surface area contributed by atoms with Gasteiger partial charge in [0.05, 0.1) is 19.3 Å². The topological polar surface area (TPSA) is 57.2 Å². The monoisotopic (exact) mass is 389 g/mol. The van der Waals surface area contributed by atoms with E-state index in [1.807, 2.05) is 20.8 Å². The number of carbonyl (C=O) groups excluding carboxylic acids is 1. The lowest BCUT2D eigenvalue weighted by Crippen LogP contribution is -2.51. The van der Waals surface area contributed by atoms with Crippen LogP contribution >= 0.6 is 0 Å². The molecule has 1 amide bonds. The van der Waals surface area contributed by atoms with Crippen LogP contribution in [0, 0.1) is 0 Å². The number of piperidine rings is 1. The highest BCUT2D eigenvalue weighted by Gasteiger charge is 2.38. The molecule has 0 aromatic heterocycles. The lowest BCUT2D eigenvalue weighted by atomic mass is 10.1. The van der Waals surface area contributed by atoms with Gasteiger partial charge in [-0.3, -0.25) is 4.90 Å². The van der Waals surface area contributed by atoms with Crippen molar-refractivity contribution < 1.29 is 23.4 Å². The minimum absolute atomic E-state index is 0.0972. The first-order chi connectivity index (χ1) is 11.8. The number of carbonyl (C=O) groups is 1. The van der Waals surface area contributed by atoms with Crippen LogP contribution in [0.25, 0.3) is 0 Å². The predicted molar refractivity (Wildman–Crippen MR) is 106 cm³/mol. The molecule has 1 fully saturated rings. The average molecular weight is 390 g/mol.